The van der Waals surface area contributed by atoms with Crippen LogP contribution in [0.5, 0.6) is 0 Å². The first-order valence-corrected chi connectivity index (χ1v) is 17.3. The number of rotatable bonds is 10. The molecule has 4 saturated carbocycles. The third-order valence-corrected chi connectivity index (χ3v) is 11.6. The first-order chi connectivity index (χ1) is 24.9. The number of hydrogen-bond donors (Lipinski definition) is 4. The fourth-order valence-corrected chi connectivity index (χ4v) is 8.84. The minimum atomic E-state index is -5.83. The van der Waals surface area contributed by atoms with E-state index >= 15 is 0 Å². The van der Waals surface area contributed by atoms with Crippen molar-refractivity contribution in [2.45, 2.75) is 112 Å². The maximum atomic E-state index is 12.9. The first kappa shape index (κ1) is 42.5. The van der Waals surface area contributed by atoms with E-state index in [2.05, 4.69) is 0 Å². The van der Waals surface area contributed by atoms with Crippen molar-refractivity contribution in [3.8, 4) is 0 Å². The molecule has 0 aliphatic heterocycles. The molecule has 4 aliphatic carbocycles. The van der Waals surface area contributed by atoms with Crippen molar-refractivity contribution < 1.29 is 82.6 Å². The lowest BCUT2D eigenvalue weighted by molar-refractivity contribution is -0.374. The fraction of sp³-hybridized carbons (Fsp3) is 0.667. The van der Waals surface area contributed by atoms with Crippen LogP contribution in [0.4, 0.5) is 52.7 Å². The van der Waals surface area contributed by atoms with Crippen LogP contribution in [0.2, 0.25) is 0 Å². The number of aliphatic hydroxyl groups excluding tert-OH is 2. The lowest BCUT2D eigenvalue weighted by Crippen LogP contribution is -2.58. The Morgan fingerprint density at radius 3 is 1.04 bits per heavy atom. The Balaban J connectivity index is 0.000000208. The molecule has 2 aromatic carbocycles. The summed E-state index contributed by atoms with van der Waals surface area (Å²) in [4.78, 5) is 0. The molecular weight excluding hydrogens is 756 g/mol. The highest BCUT2D eigenvalue weighted by Crippen LogP contribution is 2.58. The van der Waals surface area contributed by atoms with E-state index in [1.807, 2.05) is 36.4 Å². The fourth-order valence-electron chi connectivity index (χ4n) is 8.84. The predicted octanol–water partition coefficient (Wildman–Crippen LogP) is 7.67. The van der Waals surface area contributed by atoms with Gasteiger partial charge in [0.25, 0.3) is 11.2 Å². The maximum absolute atomic E-state index is 12.9. The molecule has 6 nitrogen and oxygen atoms in total. The average Bonchev–Trinajstić information content (AvgIpc) is 3.82. The summed E-state index contributed by atoms with van der Waals surface area (Å²) >= 11 is 0. The van der Waals surface area contributed by atoms with Crippen LogP contribution in [0, 0.1) is 35.5 Å². The SMILES string of the molecule is O[C@@H]1[C@@H]2C[C@@H](C[C@@H]2CC(O)(C(F)(F)F)C(F)(F)F)[C@@H]1OCc1ccccc1.O[C@H]1[C@H]2C[C@H](C[C@H]2CC(O)(C(F)(F)F)C(F)(F)F)[C@H]1OCc1ccccc1. The summed E-state index contributed by atoms with van der Waals surface area (Å²) in [5.74, 6) is -4.32. The molecule has 18 heteroatoms. The monoisotopic (exact) mass is 796 g/mol. The number of fused-ring (bicyclic) bond motifs is 4. The molecule has 2 aromatic rings. The Labute approximate surface area is 302 Å². The van der Waals surface area contributed by atoms with Gasteiger partial charge >= 0.3 is 24.7 Å². The molecule has 6 rings (SSSR count). The third kappa shape index (κ3) is 8.38. The number of ether oxygens (including phenoxy) is 2. The summed E-state index contributed by atoms with van der Waals surface area (Å²) in [7, 11) is 0. The van der Waals surface area contributed by atoms with Crippen LogP contribution < -0.4 is 0 Å². The number of halogens is 12. The van der Waals surface area contributed by atoms with Crippen molar-refractivity contribution in [1.29, 1.82) is 0 Å². The van der Waals surface area contributed by atoms with Crippen LogP contribution in [0.3, 0.4) is 0 Å². The first-order valence-electron chi connectivity index (χ1n) is 17.3. The zero-order valence-corrected chi connectivity index (χ0v) is 28.3. The van der Waals surface area contributed by atoms with Crippen molar-refractivity contribution in [2.24, 2.45) is 35.5 Å². The van der Waals surface area contributed by atoms with E-state index in [0.29, 0.717) is 0 Å². The van der Waals surface area contributed by atoms with E-state index in [4.69, 9.17) is 9.47 Å². The van der Waals surface area contributed by atoms with E-state index in [1.165, 1.54) is 0 Å². The quantitative estimate of drug-likeness (QED) is 0.185. The van der Waals surface area contributed by atoms with Crippen molar-refractivity contribution in [3.63, 3.8) is 0 Å². The molecule has 4 bridgehead atoms. The van der Waals surface area contributed by atoms with Gasteiger partial charge in [-0.25, -0.2) is 0 Å². The van der Waals surface area contributed by atoms with Gasteiger partial charge in [0.05, 0.1) is 37.6 Å². The van der Waals surface area contributed by atoms with Crippen LogP contribution in [-0.2, 0) is 22.7 Å². The van der Waals surface area contributed by atoms with E-state index in [0.717, 1.165) is 11.1 Å². The van der Waals surface area contributed by atoms with Gasteiger partial charge in [-0.3, -0.25) is 0 Å². The minimum absolute atomic E-state index is 0.0512. The molecule has 0 saturated heterocycles. The molecule has 4 fully saturated rings. The molecular formula is C36H40F12O6. The largest absolute Gasteiger partial charge is 0.426 e. The number of alkyl halides is 12. The molecule has 4 aliphatic rings. The summed E-state index contributed by atoms with van der Waals surface area (Å²) in [5, 5.41) is 39.6. The normalized spacial score (nSPS) is 31.5. The highest BCUT2D eigenvalue weighted by molar-refractivity contribution is 5.15. The number of benzene rings is 2. The second kappa shape index (κ2) is 15.4. The van der Waals surface area contributed by atoms with E-state index in [1.54, 1.807) is 24.3 Å². The molecule has 0 heterocycles. The lowest BCUT2D eigenvalue weighted by Gasteiger charge is -2.39. The summed E-state index contributed by atoms with van der Waals surface area (Å²) in [5.41, 5.74) is -7.83. The van der Waals surface area contributed by atoms with Crippen LogP contribution >= 0.6 is 0 Å². The van der Waals surface area contributed by atoms with Crippen LogP contribution in [-0.4, -0.2) is 80.7 Å². The summed E-state index contributed by atoms with van der Waals surface area (Å²) in [6.45, 7) is 0.400. The van der Waals surface area contributed by atoms with Gasteiger partial charge < -0.3 is 29.9 Å². The average molecular weight is 797 g/mol. The molecule has 54 heavy (non-hydrogen) atoms. The van der Waals surface area contributed by atoms with Crippen molar-refractivity contribution >= 4 is 0 Å². The smallest absolute Gasteiger partial charge is 0.390 e. The van der Waals surface area contributed by atoms with Gasteiger partial charge in [-0.05, 0) is 85.2 Å². The highest BCUT2D eigenvalue weighted by Gasteiger charge is 2.73. The summed E-state index contributed by atoms with van der Waals surface area (Å²) < 4.78 is 166. The molecule has 10 atom stereocenters. The van der Waals surface area contributed by atoms with Crippen molar-refractivity contribution in [2.75, 3.05) is 0 Å². The van der Waals surface area contributed by atoms with Gasteiger partial charge in [-0.15, -0.1) is 0 Å². The summed E-state index contributed by atoms with van der Waals surface area (Å²) in [6, 6.07) is 18.1. The zero-order valence-electron chi connectivity index (χ0n) is 28.3. The Bertz CT molecular complexity index is 1370. The van der Waals surface area contributed by atoms with Gasteiger partial charge in [0.2, 0.25) is 0 Å². The van der Waals surface area contributed by atoms with Crippen LogP contribution in [0.15, 0.2) is 60.7 Å². The zero-order chi connectivity index (χ0) is 40.1. The highest BCUT2D eigenvalue weighted by atomic mass is 19.4. The van der Waals surface area contributed by atoms with Gasteiger partial charge in [-0.2, -0.15) is 52.7 Å². The Hall–Kier alpha value is -2.64. The maximum Gasteiger partial charge on any atom is 0.426 e. The molecule has 304 valence electrons. The van der Waals surface area contributed by atoms with Gasteiger partial charge in [0.15, 0.2) is 0 Å². The third-order valence-electron chi connectivity index (χ3n) is 11.6. The van der Waals surface area contributed by atoms with Crippen LogP contribution in [0.25, 0.3) is 0 Å². The van der Waals surface area contributed by atoms with E-state index < -0.39 is 96.8 Å². The predicted molar refractivity (Wildman–Crippen MR) is 165 cm³/mol. The Morgan fingerprint density at radius 2 is 0.778 bits per heavy atom. The number of hydrogen-bond acceptors (Lipinski definition) is 6. The molecule has 0 aromatic heterocycles. The topological polar surface area (TPSA) is 99.4 Å². The molecule has 0 amide bonds. The Kier molecular flexibility index (Phi) is 12.1. The minimum Gasteiger partial charge on any atom is -0.390 e. The van der Waals surface area contributed by atoms with Gasteiger partial charge in [0.1, 0.15) is 0 Å². The number of aliphatic hydroxyl groups is 4. The molecule has 0 unspecified atom stereocenters. The van der Waals surface area contributed by atoms with E-state index in [-0.39, 0.29) is 50.7 Å². The standard InChI is InChI=1S/2C18H20F6O3/c2*19-17(20,21)16(26,18(22,23)24)8-12-6-11-7-13(12)14(25)15(11)27-9-10-4-2-1-3-5-10/h2*1-5,11-15,25-26H,6-9H2/t2*11-,12-,13-,14-,15+/m10/s1. The van der Waals surface area contributed by atoms with Crippen molar-refractivity contribution in [3.05, 3.63) is 71.8 Å². The molecule has 0 radical (unpaired) electrons. The van der Waals surface area contributed by atoms with E-state index in [9.17, 15) is 73.1 Å². The lowest BCUT2D eigenvalue weighted by atomic mass is 9.77. The molecule has 4 N–H and O–H groups in total. The van der Waals surface area contributed by atoms with Gasteiger partial charge in [0, 0.05) is 0 Å². The second-order valence-corrected chi connectivity index (χ2v) is 14.9. The second-order valence-electron chi connectivity index (χ2n) is 14.9. The van der Waals surface area contributed by atoms with Crippen LogP contribution in [0.1, 0.15) is 49.7 Å². The Morgan fingerprint density at radius 1 is 0.481 bits per heavy atom. The van der Waals surface area contributed by atoms with Gasteiger partial charge in [-0.1, -0.05) is 60.7 Å². The molecule has 0 spiro atoms. The van der Waals surface area contributed by atoms with Crippen molar-refractivity contribution in [1.82, 2.24) is 0 Å². The summed E-state index contributed by atoms with van der Waals surface area (Å²) in [6.07, 6.45) is -29.2.